The number of hydrogen-bond acceptors (Lipinski definition) is 2. The van der Waals surface area contributed by atoms with Crippen LogP contribution in [0.5, 0.6) is 0 Å². The van der Waals surface area contributed by atoms with E-state index in [1.54, 1.807) is 20.8 Å². The average Bonchev–Trinajstić information content (AvgIpc) is 3.28. The second kappa shape index (κ2) is 8.37. The van der Waals surface area contributed by atoms with Crippen LogP contribution in [0.2, 0.25) is 0 Å². The van der Waals surface area contributed by atoms with Gasteiger partial charge in [0.25, 0.3) is 0 Å². The number of hydrogen-bond donors (Lipinski definition) is 0. The molecule has 0 saturated heterocycles. The smallest absolute Gasteiger partial charge is 1.00 e. The van der Waals surface area contributed by atoms with Crippen molar-refractivity contribution in [1.29, 1.82) is 0 Å². The summed E-state index contributed by atoms with van der Waals surface area (Å²) in [6.45, 7) is 9.28. The van der Waals surface area contributed by atoms with E-state index in [-0.39, 0.29) is 24.8 Å². The third-order valence-electron chi connectivity index (χ3n) is 5.53. The van der Waals surface area contributed by atoms with Gasteiger partial charge < -0.3 is 24.8 Å². The molecule has 0 aliphatic heterocycles. The molecule has 6 heteroatoms. The molecule has 2 unspecified atom stereocenters. The molecule has 0 amide bonds. The quantitative estimate of drug-likeness (QED) is 0.563. The summed E-state index contributed by atoms with van der Waals surface area (Å²) in [5.41, 5.74) is 8.74. The van der Waals surface area contributed by atoms with Gasteiger partial charge in [0, 0.05) is 0 Å². The molecule has 2 aliphatic carbocycles. The number of aromatic nitrogens is 3. The van der Waals surface area contributed by atoms with Crippen molar-refractivity contribution in [2.45, 2.75) is 31.3 Å². The Bertz CT molecular complexity index is 898. The van der Waals surface area contributed by atoms with Gasteiger partial charge in [0.1, 0.15) is 0 Å². The van der Waals surface area contributed by atoms with E-state index in [0.29, 0.717) is 9.54 Å². The number of nitrogens with zero attached hydrogens (tertiary/aromatic N) is 3. The SMILES string of the molecule is CC1=C(C)C(C)[C]([Zr+2][CH]2C(n3cncn3)=Cc3ccccc32)=C1C.[Cl-].[Cl-]. The third-order valence-corrected chi connectivity index (χ3v) is 10.5. The van der Waals surface area contributed by atoms with Gasteiger partial charge in [0.15, 0.2) is 0 Å². The van der Waals surface area contributed by atoms with Crippen molar-refractivity contribution in [1.82, 2.24) is 14.8 Å². The first-order valence-corrected chi connectivity index (χ1v) is 11.0. The Hall–Kier alpha value is -0.957. The van der Waals surface area contributed by atoms with Crippen LogP contribution in [0.4, 0.5) is 0 Å². The van der Waals surface area contributed by atoms with E-state index in [0.717, 1.165) is 0 Å². The van der Waals surface area contributed by atoms with Crippen LogP contribution in [0.1, 0.15) is 42.4 Å². The summed E-state index contributed by atoms with van der Waals surface area (Å²) in [6, 6.07) is 8.81. The second-order valence-electron chi connectivity index (χ2n) is 6.68. The van der Waals surface area contributed by atoms with Crippen LogP contribution < -0.4 is 24.8 Å². The predicted molar refractivity (Wildman–Crippen MR) is 93.6 cm³/mol. The molecule has 1 aromatic carbocycles. The summed E-state index contributed by atoms with van der Waals surface area (Å²) in [5, 5.41) is 4.41. The first-order valence-electron chi connectivity index (χ1n) is 8.38. The molecule has 1 heterocycles. The zero-order chi connectivity index (χ0) is 16.8. The number of rotatable bonds is 3. The fourth-order valence-electron chi connectivity index (χ4n) is 3.75. The van der Waals surface area contributed by atoms with E-state index in [1.807, 2.05) is 11.0 Å². The van der Waals surface area contributed by atoms with Crippen LogP contribution >= 0.6 is 0 Å². The first kappa shape index (κ1) is 21.3. The maximum absolute atomic E-state index is 4.41. The van der Waals surface area contributed by atoms with Crippen molar-refractivity contribution < 1.29 is 48.0 Å². The van der Waals surface area contributed by atoms with Gasteiger partial charge in [-0.3, -0.25) is 0 Å². The van der Waals surface area contributed by atoms with Crippen LogP contribution in [-0.2, 0) is 23.2 Å². The van der Waals surface area contributed by atoms with E-state index in [1.165, 1.54) is 22.4 Å². The molecule has 2 aliphatic rings. The van der Waals surface area contributed by atoms with Crippen LogP contribution in [0.25, 0.3) is 11.8 Å². The zero-order valence-electron chi connectivity index (χ0n) is 15.3. The van der Waals surface area contributed by atoms with Crippen molar-refractivity contribution in [2.24, 2.45) is 5.92 Å². The maximum Gasteiger partial charge on any atom is -1.00 e. The van der Waals surface area contributed by atoms with Crippen molar-refractivity contribution in [3.8, 4) is 0 Å². The van der Waals surface area contributed by atoms with Gasteiger partial charge in [-0.15, -0.1) is 0 Å². The summed E-state index contributed by atoms with van der Waals surface area (Å²) in [7, 11) is 0. The molecule has 0 saturated carbocycles. The third kappa shape index (κ3) is 3.44. The van der Waals surface area contributed by atoms with Gasteiger partial charge in [-0.2, -0.15) is 0 Å². The Morgan fingerprint density at radius 1 is 1.04 bits per heavy atom. The van der Waals surface area contributed by atoms with E-state index in [2.05, 4.69) is 68.1 Å². The molecule has 0 bridgehead atoms. The maximum atomic E-state index is 4.41. The molecule has 0 spiro atoms. The summed E-state index contributed by atoms with van der Waals surface area (Å²) in [4.78, 5) is 4.16. The fourth-order valence-corrected chi connectivity index (χ4v) is 8.58. The zero-order valence-corrected chi connectivity index (χ0v) is 19.3. The van der Waals surface area contributed by atoms with Crippen LogP contribution in [-0.4, -0.2) is 14.8 Å². The summed E-state index contributed by atoms with van der Waals surface area (Å²) >= 11 is -0.836. The fraction of sp³-hybridized carbons (Fsp3) is 0.300. The van der Waals surface area contributed by atoms with Gasteiger partial charge in [-0.1, -0.05) is 0 Å². The molecule has 0 radical (unpaired) electrons. The molecule has 3 nitrogen and oxygen atoms in total. The standard InChI is InChI=1S/C11H8N3.C9H13.2ClH.Zr/c1-2-4-10-6-11(5-9(10)3-1)14-8-12-7-13-14;1-6-5-7(2)9(4)8(6)3;;;/h1-8H;6H,1-4H3;2*1H;/q;;;;+2/p-2. The van der Waals surface area contributed by atoms with Crippen LogP contribution in [0.15, 0.2) is 56.9 Å². The number of halogens is 2. The molecular weight excluding hydrogens is 444 g/mol. The van der Waals surface area contributed by atoms with Gasteiger partial charge in [0.05, 0.1) is 0 Å². The Labute approximate surface area is 179 Å². The minimum absolute atomic E-state index is 0. The topological polar surface area (TPSA) is 30.7 Å². The Kier molecular flexibility index (Phi) is 6.88. The molecule has 1 aromatic heterocycles. The van der Waals surface area contributed by atoms with E-state index < -0.39 is 23.2 Å². The minimum atomic E-state index is -0.836. The van der Waals surface area contributed by atoms with Crippen molar-refractivity contribution >= 4 is 11.8 Å². The van der Waals surface area contributed by atoms with E-state index in [4.69, 9.17) is 0 Å². The summed E-state index contributed by atoms with van der Waals surface area (Å²) in [6.07, 6.45) is 5.76. The van der Waals surface area contributed by atoms with Gasteiger partial charge in [0.2, 0.25) is 0 Å². The monoisotopic (exact) mass is 463 g/mol. The molecule has 26 heavy (non-hydrogen) atoms. The molecule has 2 aromatic rings. The molecule has 134 valence electrons. The number of allylic oxidation sites excluding steroid dienone is 5. The van der Waals surface area contributed by atoms with Gasteiger partial charge in [-0.25, -0.2) is 0 Å². The molecule has 0 N–H and O–H groups in total. The Morgan fingerprint density at radius 2 is 1.77 bits per heavy atom. The molecule has 4 rings (SSSR count). The number of benzene rings is 1. The van der Waals surface area contributed by atoms with Crippen LogP contribution in [0, 0.1) is 5.92 Å². The second-order valence-corrected chi connectivity index (χ2v) is 10.1. The molecule has 2 atom stereocenters. The van der Waals surface area contributed by atoms with Crippen molar-refractivity contribution in [3.63, 3.8) is 0 Å². The molecule has 0 fully saturated rings. The normalized spacial score (nSPS) is 21.0. The summed E-state index contributed by atoms with van der Waals surface area (Å²) < 4.78 is 4.22. The Morgan fingerprint density at radius 3 is 2.38 bits per heavy atom. The van der Waals surface area contributed by atoms with Crippen molar-refractivity contribution in [3.05, 3.63) is 68.0 Å². The van der Waals surface area contributed by atoms with Gasteiger partial charge in [-0.05, 0) is 0 Å². The van der Waals surface area contributed by atoms with Gasteiger partial charge >= 0.3 is 155 Å². The minimum Gasteiger partial charge on any atom is -1.00 e. The van der Waals surface area contributed by atoms with Crippen LogP contribution in [0.3, 0.4) is 0 Å². The largest absolute Gasteiger partial charge is 1.00 e. The van der Waals surface area contributed by atoms with E-state index >= 15 is 0 Å². The molecular formula is C20H21Cl2N3Zr. The van der Waals surface area contributed by atoms with Crippen molar-refractivity contribution in [2.75, 3.05) is 0 Å². The average molecular weight is 466 g/mol. The predicted octanol–water partition coefficient (Wildman–Crippen LogP) is -1.32. The number of fused-ring (bicyclic) bond motifs is 1. The van der Waals surface area contributed by atoms with E-state index in [9.17, 15) is 0 Å². The summed E-state index contributed by atoms with van der Waals surface area (Å²) in [5.74, 6) is 0.612. The first-order chi connectivity index (χ1) is 11.6. The Balaban J connectivity index is 0.00000121.